The average Bonchev–Trinajstić information content (AvgIpc) is 2.43. The molecule has 0 rings (SSSR count). The molecule has 0 N–H and O–H groups in total. The Labute approximate surface area is 124 Å². The minimum absolute atomic E-state index is 0.120. The van der Waals surface area contributed by atoms with Crippen LogP contribution in [0.3, 0.4) is 0 Å². The third-order valence-electron chi connectivity index (χ3n) is 5.81. The summed E-state index contributed by atoms with van der Waals surface area (Å²) >= 11 is 0. The second kappa shape index (κ2) is 9.38. The lowest BCUT2D eigenvalue weighted by Crippen LogP contribution is -2.29. The zero-order chi connectivity index (χ0) is 15.2. The Balaban J connectivity index is 5.12. The molecule has 0 saturated heterocycles. The van der Waals surface area contributed by atoms with Gasteiger partial charge in [-0.25, -0.2) is 0 Å². The molecule has 6 unspecified atom stereocenters. The maximum atomic E-state index is 2.54. The second-order valence-electron chi connectivity index (χ2n) is 6.83. The van der Waals surface area contributed by atoms with Crippen molar-refractivity contribution in [3.63, 3.8) is 0 Å². The summed E-state index contributed by atoms with van der Waals surface area (Å²) in [5.74, 6) is 2.64. The standard InChI is InChI=1S/C18H39P/c1-10-13(4)16(7)19(17(8)14(5)11-2)18(9)15(6)12-3/h13-18H,10-12H2,1-9H3. The van der Waals surface area contributed by atoms with E-state index in [4.69, 9.17) is 0 Å². The SMILES string of the molecule is CCC(C)C(C)P(C(C)C(C)CC)C(C)C(C)CC. The predicted octanol–water partition coefficient (Wildman–Crippen LogP) is 6.77. The Morgan fingerprint density at radius 2 is 0.737 bits per heavy atom. The topological polar surface area (TPSA) is 0 Å². The number of hydrogen-bond donors (Lipinski definition) is 0. The molecule has 116 valence electrons. The summed E-state index contributed by atoms with van der Waals surface area (Å²) in [6.07, 6.45) is 4.00. The van der Waals surface area contributed by atoms with E-state index in [1.54, 1.807) is 0 Å². The number of hydrogen-bond acceptors (Lipinski definition) is 0. The van der Waals surface area contributed by atoms with E-state index in [2.05, 4.69) is 62.3 Å². The van der Waals surface area contributed by atoms with Crippen LogP contribution in [-0.2, 0) is 0 Å². The highest BCUT2D eigenvalue weighted by Gasteiger charge is 2.34. The van der Waals surface area contributed by atoms with E-state index in [1.807, 2.05) is 0 Å². The van der Waals surface area contributed by atoms with Crippen LogP contribution < -0.4 is 0 Å². The van der Waals surface area contributed by atoms with Gasteiger partial charge in [-0.1, -0.05) is 89.5 Å². The highest BCUT2D eigenvalue weighted by atomic mass is 31.1. The molecule has 19 heavy (non-hydrogen) atoms. The smallest absolute Gasteiger partial charge is 0.0207 e. The Bertz CT molecular complexity index is 188. The summed E-state index contributed by atoms with van der Waals surface area (Å²) in [6.45, 7) is 22.1. The fourth-order valence-corrected chi connectivity index (χ4v) is 7.64. The molecule has 0 aliphatic rings. The molecule has 0 aliphatic carbocycles. The number of rotatable bonds is 9. The van der Waals surface area contributed by atoms with Crippen LogP contribution in [0.25, 0.3) is 0 Å². The molecule has 0 heterocycles. The molecule has 0 fully saturated rings. The summed E-state index contributed by atoms with van der Waals surface area (Å²) < 4.78 is 0. The Morgan fingerprint density at radius 3 is 0.895 bits per heavy atom. The van der Waals surface area contributed by atoms with Gasteiger partial charge < -0.3 is 0 Å². The van der Waals surface area contributed by atoms with E-state index in [0.29, 0.717) is 0 Å². The van der Waals surface area contributed by atoms with Crippen molar-refractivity contribution in [2.45, 2.75) is 98.6 Å². The first-order valence-electron chi connectivity index (χ1n) is 8.58. The van der Waals surface area contributed by atoms with Crippen LogP contribution >= 0.6 is 7.92 Å². The summed E-state index contributed by atoms with van der Waals surface area (Å²) in [7, 11) is 0.120. The van der Waals surface area contributed by atoms with Crippen LogP contribution in [-0.4, -0.2) is 17.0 Å². The molecule has 1 heteroatoms. The molecule has 0 spiro atoms. The van der Waals surface area contributed by atoms with Crippen molar-refractivity contribution < 1.29 is 0 Å². The molecule has 0 aromatic heterocycles. The van der Waals surface area contributed by atoms with Gasteiger partial charge in [-0.2, -0.15) is 0 Å². The molecular formula is C18H39P. The van der Waals surface area contributed by atoms with Crippen LogP contribution in [0.2, 0.25) is 0 Å². The van der Waals surface area contributed by atoms with Gasteiger partial charge in [0.1, 0.15) is 0 Å². The van der Waals surface area contributed by atoms with E-state index >= 15 is 0 Å². The fourth-order valence-electron chi connectivity index (χ4n) is 3.02. The third-order valence-corrected chi connectivity index (χ3v) is 10.2. The Morgan fingerprint density at radius 1 is 0.526 bits per heavy atom. The Kier molecular flexibility index (Phi) is 9.59. The Hall–Kier alpha value is 0.430. The summed E-state index contributed by atoms with van der Waals surface area (Å²) in [5, 5.41) is 0. The third kappa shape index (κ3) is 5.37. The molecule has 0 aliphatic heterocycles. The first-order valence-corrected chi connectivity index (χ1v) is 10.1. The van der Waals surface area contributed by atoms with Gasteiger partial charge in [0.15, 0.2) is 0 Å². The molecular weight excluding hydrogens is 247 g/mol. The van der Waals surface area contributed by atoms with Crippen LogP contribution in [0.4, 0.5) is 0 Å². The van der Waals surface area contributed by atoms with Crippen LogP contribution in [0, 0.1) is 17.8 Å². The average molecular weight is 286 g/mol. The highest BCUT2D eigenvalue weighted by Crippen LogP contribution is 2.58. The molecule has 0 saturated carbocycles. The zero-order valence-electron chi connectivity index (χ0n) is 15.0. The maximum Gasteiger partial charge on any atom is -0.0207 e. The van der Waals surface area contributed by atoms with Crippen molar-refractivity contribution in [1.82, 2.24) is 0 Å². The van der Waals surface area contributed by atoms with Crippen molar-refractivity contribution in [3.05, 3.63) is 0 Å². The van der Waals surface area contributed by atoms with E-state index in [1.165, 1.54) is 19.3 Å². The lowest BCUT2D eigenvalue weighted by atomic mass is 10.0. The lowest BCUT2D eigenvalue weighted by Gasteiger charge is -2.42. The molecule has 0 aromatic rings. The molecule has 0 bridgehead atoms. The maximum absolute atomic E-state index is 2.54. The molecule has 0 nitrogen and oxygen atoms in total. The van der Waals surface area contributed by atoms with Gasteiger partial charge in [0, 0.05) is 0 Å². The van der Waals surface area contributed by atoms with Gasteiger partial charge in [0.25, 0.3) is 0 Å². The van der Waals surface area contributed by atoms with Gasteiger partial charge >= 0.3 is 0 Å². The van der Waals surface area contributed by atoms with Crippen molar-refractivity contribution in [1.29, 1.82) is 0 Å². The fraction of sp³-hybridized carbons (Fsp3) is 1.00. The predicted molar refractivity (Wildman–Crippen MR) is 93.7 cm³/mol. The monoisotopic (exact) mass is 286 g/mol. The van der Waals surface area contributed by atoms with Crippen LogP contribution in [0.15, 0.2) is 0 Å². The van der Waals surface area contributed by atoms with E-state index in [0.717, 1.165) is 34.7 Å². The van der Waals surface area contributed by atoms with Crippen molar-refractivity contribution >= 4 is 7.92 Å². The van der Waals surface area contributed by atoms with E-state index < -0.39 is 0 Å². The summed E-state index contributed by atoms with van der Waals surface area (Å²) in [5.41, 5.74) is 2.73. The largest absolute Gasteiger partial charge is 0.0972 e. The van der Waals surface area contributed by atoms with Gasteiger partial charge in [0.2, 0.25) is 0 Å². The first kappa shape index (κ1) is 19.4. The van der Waals surface area contributed by atoms with Crippen molar-refractivity contribution in [3.8, 4) is 0 Å². The molecule has 6 atom stereocenters. The van der Waals surface area contributed by atoms with Gasteiger partial charge in [0.05, 0.1) is 0 Å². The molecule has 0 aromatic carbocycles. The molecule has 0 radical (unpaired) electrons. The highest BCUT2D eigenvalue weighted by molar-refractivity contribution is 7.59. The van der Waals surface area contributed by atoms with Crippen molar-refractivity contribution in [2.24, 2.45) is 17.8 Å². The van der Waals surface area contributed by atoms with E-state index in [9.17, 15) is 0 Å². The first-order chi connectivity index (χ1) is 8.81. The minimum atomic E-state index is 0.120. The summed E-state index contributed by atoms with van der Waals surface area (Å²) in [4.78, 5) is 0. The van der Waals surface area contributed by atoms with E-state index in [-0.39, 0.29) is 7.92 Å². The van der Waals surface area contributed by atoms with Gasteiger partial charge in [-0.15, -0.1) is 0 Å². The lowest BCUT2D eigenvalue weighted by molar-refractivity contribution is 0.493. The second-order valence-corrected chi connectivity index (χ2v) is 10.2. The van der Waals surface area contributed by atoms with Crippen LogP contribution in [0.1, 0.15) is 81.6 Å². The zero-order valence-corrected chi connectivity index (χ0v) is 15.9. The normalized spacial score (nSPS) is 23.2. The van der Waals surface area contributed by atoms with Gasteiger partial charge in [-0.05, 0) is 34.7 Å². The molecule has 0 amide bonds. The summed E-state index contributed by atoms with van der Waals surface area (Å²) in [6, 6.07) is 0. The van der Waals surface area contributed by atoms with Crippen LogP contribution in [0.5, 0.6) is 0 Å². The van der Waals surface area contributed by atoms with Gasteiger partial charge in [-0.3, -0.25) is 0 Å². The minimum Gasteiger partial charge on any atom is -0.0972 e. The van der Waals surface area contributed by atoms with Crippen molar-refractivity contribution in [2.75, 3.05) is 0 Å². The quantitative estimate of drug-likeness (QED) is 0.410.